The number of nitrogens with one attached hydrogen (secondary N) is 1. The Labute approximate surface area is 227 Å². The lowest BCUT2D eigenvalue weighted by molar-refractivity contribution is -0.132. The Hall–Kier alpha value is -3.08. The molecule has 2 aliphatic heterocycles. The number of amides is 3. The van der Waals surface area contributed by atoms with E-state index >= 15 is 0 Å². The molecule has 0 saturated carbocycles. The molecule has 1 N–H and O–H groups in total. The maximum atomic E-state index is 13.4. The summed E-state index contributed by atoms with van der Waals surface area (Å²) < 4.78 is 5.61. The lowest BCUT2D eigenvalue weighted by Crippen LogP contribution is -2.60. The van der Waals surface area contributed by atoms with Crippen molar-refractivity contribution in [1.29, 1.82) is 5.26 Å². The Bertz CT molecular complexity index is 1020. The molecule has 0 spiro atoms. The van der Waals surface area contributed by atoms with Gasteiger partial charge in [0.05, 0.1) is 6.07 Å². The quantitative estimate of drug-likeness (QED) is 0.577. The van der Waals surface area contributed by atoms with Gasteiger partial charge >= 0.3 is 6.09 Å². The fraction of sp³-hybridized carbons (Fsp3) is 0.667. The first-order chi connectivity index (χ1) is 17.9. The van der Waals surface area contributed by atoms with Gasteiger partial charge in [0.15, 0.2) is 0 Å². The van der Waals surface area contributed by atoms with Crippen LogP contribution in [0.1, 0.15) is 90.7 Å². The van der Waals surface area contributed by atoms with Crippen LogP contribution in [0.3, 0.4) is 0 Å². The van der Waals surface area contributed by atoms with Gasteiger partial charge in [0, 0.05) is 32.0 Å². The molecule has 208 valence electrons. The van der Waals surface area contributed by atoms with Crippen molar-refractivity contribution in [3.05, 3.63) is 35.4 Å². The van der Waals surface area contributed by atoms with Crippen molar-refractivity contribution in [3.8, 4) is 6.07 Å². The zero-order chi connectivity index (χ0) is 28.0. The van der Waals surface area contributed by atoms with Crippen LogP contribution in [0.5, 0.6) is 0 Å². The maximum absolute atomic E-state index is 13.4. The van der Waals surface area contributed by atoms with E-state index in [-0.39, 0.29) is 23.8 Å². The minimum atomic E-state index is -0.707. The largest absolute Gasteiger partial charge is 0.444 e. The van der Waals surface area contributed by atoms with E-state index in [4.69, 9.17) is 4.74 Å². The molecule has 0 aromatic heterocycles. The Morgan fingerprint density at radius 2 is 1.71 bits per heavy atom. The van der Waals surface area contributed by atoms with E-state index in [9.17, 15) is 19.6 Å². The lowest BCUT2D eigenvalue weighted by atomic mass is 9.86. The maximum Gasteiger partial charge on any atom is 0.411 e. The fourth-order valence-electron chi connectivity index (χ4n) is 5.58. The van der Waals surface area contributed by atoms with Gasteiger partial charge in [0.2, 0.25) is 11.8 Å². The van der Waals surface area contributed by atoms with Gasteiger partial charge in [0.1, 0.15) is 17.7 Å². The number of carbonyl (C=O) groups is 3. The van der Waals surface area contributed by atoms with Crippen molar-refractivity contribution < 1.29 is 19.1 Å². The van der Waals surface area contributed by atoms with Crippen LogP contribution in [0.15, 0.2) is 24.3 Å². The van der Waals surface area contributed by atoms with Crippen LogP contribution in [-0.4, -0.2) is 64.5 Å². The van der Waals surface area contributed by atoms with Crippen LogP contribution in [0.4, 0.5) is 4.79 Å². The van der Waals surface area contributed by atoms with E-state index in [2.05, 4.69) is 23.5 Å². The van der Waals surface area contributed by atoms with Crippen molar-refractivity contribution in [2.75, 3.05) is 13.1 Å². The highest BCUT2D eigenvalue weighted by molar-refractivity contribution is 5.87. The number of hydrogen-bond donors (Lipinski definition) is 1. The lowest BCUT2D eigenvalue weighted by Gasteiger charge is -2.43. The van der Waals surface area contributed by atoms with Crippen molar-refractivity contribution >= 4 is 17.9 Å². The van der Waals surface area contributed by atoms with Gasteiger partial charge < -0.3 is 15.0 Å². The number of nitrogens with zero attached hydrogens (tertiary/aromatic N) is 3. The second kappa shape index (κ2) is 12.6. The average molecular weight is 525 g/mol. The van der Waals surface area contributed by atoms with Crippen LogP contribution in [-0.2, 0) is 20.7 Å². The Morgan fingerprint density at radius 3 is 2.26 bits per heavy atom. The Morgan fingerprint density at radius 1 is 1.08 bits per heavy atom. The van der Waals surface area contributed by atoms with E-state index < -0.39 is 23.8 Å². The van der Waals surface area contributed by atoms with Crippen molar-refractivity contribution in [2.45, 2.75) is 110 Å². The summed E-state index contributed by atoms with van der Waals surface area (Å²) in [6, 6.07) is 8.95. The normalized spacial score (nSPS) is 23.3. The number of nitriles is 1. The molecule has 2 aliphatic rings. The van der Waals surface area contributed by atoms with Crippen LogP contribution < -0.4 is 5.32 Å². The summed E-state index contributed by atoms with van der Waals surface area (Å²) in [6.45, 7) is 12.8. The second-order valence-electron chi connectivity index (χ2n) is 11.9. The fourth-order valence-corrected chi connectivity index (χ4v) is 5.58. The predicted molar refractivity (Wildman–Crippen MR) is 146 cm³/mol. The summed E-state index contributed by atoms with van der Waals surface area (Å²) >= 11 is 0. The highest BCUT2D eigenvalue weighted by Crippen LogP contribution is 2.31. The highest BCUT2D eigenvalue weighted by Gasteiger charge is 2.43. The first-order valence-electron chi connectivity index (χ1n) is 14.0. The van der Waals surface area contributed by atoms with Gasteiger partial charge in [-0.1, -0.05) is 38.1 Å². The molecule has 0 unspecified atom stereocenters. The van der Waals surface area contributed by atoms with Crippen molar-refractivity contribution in [3.63, 3.8) is 0 Å². The summed E-state index contributed by atoms with van der Waals surface area (Å²) in [5, 5.41) is 12.7. The Balaban J connectivity index is 1.62. The Kier molecular flexibility index (Phi) is 9.81. The third-order valence-electron chi connectivity index (χ3n) is 7.74. The molecule has 38 heavy (non-hydrogen) atoms. The molecule has 8 nitrogen and oxygen atoms in total. The van der Waals surface area contributed by atoms with E-state index in [0.29, 0.717) is 18.8 Å². The molecule has 3 amide bonds. The molecule has 0 radical (unpaired) electrons. The predicted octanol–water partition coefficient (Wildman–Crippen LogP) is 4.78. The summed E-state index contributed by atoms with van der Waals surface area (Å²) in [7, 11) is 0. The minimum Gasteiger partial charge on any atom is -0.444 e. The van der Waals surface area contributed by atoms with E-state index in [0.717, 1.165) is 44.3 Å². The van der Waals surface area contributed by atoms with Crippen LogP contribution >= 0.6 is 0 Å². The van der Waals surface area contributed by atoms with Crippen LogP contribution in [0.2, 0.25) is 0 Å². The van der Waals surface area contributed by atoms with Crippen molar-refractivity contribution in [2.24, 2.45) is 5.92 Å². The molecule has 0 aliphatic carbocycles. The summed E-state index contributed by atoms with van der Waals surface area (Å²) in [4.78, 5) is 41.9. The molecule has 1 aromatic carbocycles. The molecule has 2 saturated heterocycles. The molecular weight excluding hydrogens is 480 g/mol. The smallest absolute Gasteiger partial charge is 0.411 e. The topological polar surface area (TPSA) is 103 Å². The molecule has 3 rings (SSSR count). The van der Waals surface area contributed by atoms with Gasteiger partial charge in [-0.25, -0.2) is 4.79 Å². The number of piperidine rings is 2. The van der Waals surface area contributed by atoms with Crippen molar-refractivity contribution in [1.82, 2.24) is 15.1 Å². The second-order valence-corrected chi connectivity index (χ2v) is 11.9. The van der Waals surface area contributed by atoms with E-state index in [1.165, 1.54) is 5.56 Å². The molecular formula is C30H44N4O4. The molecule has 2 heterocycles. The standard InChI is InChI=1S/C30H44N4O4/c1-7-26(35)33-16-14-24(15-17-33)23-12-10-22(11-13-23)18-25(19-31)32-28(36)27-20(2)8-9-21(3)34(27)29(37)38-30(4,5)6/h10-13,20-21,24-25,27H,7-9,14-18H2,1-6H3,(H,32,36)/t20-,21+,25+,27+/m1/s1. The minimum absolute atomic E-state index is 0.0450. The number of likely N-dealkylation sites (tertiary alicyclic amines) is 2. The summed E-state index contributed by atoms with van der Waals surface area (Å²) in [5.74, 6) is 0.280. The number of ether oxygens (including phenoxy) is 1. The van der Waals surface area contributed by atoms with Gasteiger partial charge in [-0.15, -0.1) is 0 Å². The first kappa shape index (κ1) is 29.5. The van der Waals surface area contributed by atoms with Gasteiger partial charge in [-0.2, -0.15) is 5.26 Å². The molecule has 2 fully saturated rings. The monoisotopic (exact) mass is 524 g/mol. The zero-order valence-electron chi connectivity index (χ0n) is 23.8. The van der Waals surface area contributed by atoms with Gasteiger partial charge in [-0.3, -0.25) is 14.5 Å². The molecule has 1 aromatic rings. The zero-order valence-corrected chi connectivity index (χ0v) is 23.8. The van der Waals surface area contributed by atoms with Crippen LogP contribution in [0, 0.1) is 17.2 Å². The number of benzene rings is 1. The number of rotatable bonds is 6. The number of carbonyl (C=O) groups excluding carboxylic acids is 3. The SMILES string of the molecule is CCC(=O)N1CCC(c2ccc(C[C@@H](C#N)NC(=O)[C@@H]3[C@H](C)CC[C@H](C)N3C(=O)OC(C)(C)C)cc2)CC1. The first-order valence-corrected chi connectivity index (χ1v) is 14.0. The van der Waals surface area contributed by atoms with Gasteiger partial charge in [-0.05, 0) is 76.3 Å². The van der Waals surface area contributed by atoms with Crippen LogP contribution in [0.25, 0.3) is 0 Å². The molecule has 0 bridgehead atoms. The molecule has 4 atom stereocenters. The third-order valence-corrected chi connectivity index (χ3v) is 7.74. The van der Waals surface area contributed by atoms with E-state index in [1.54, 1.807) is 4.90 Å². The third kappa shape index (κ3) is 7.49. The van der Waals surface area contributed by atoms with Gasteiger partial charge in [0.25, 0.3) is 0 Å². The molecule has 8 heteroatoms. The van der Waals surface area contributed by atoms with E-state index in [1.807, 2.05) is 58.6 Å². The highest BCUT2D eigenvalue weighted by atomic mass is 16.6. The summed E-state index contributed by atoms with van der Waals surface area (Å²) in [5.41, 5.74) is 1.55. The summed E-state index contributed by atoms with van der Waals surface area (Å²) in [6.07, 6.45) is 3.96. The number of hydrogen-bond acceptors (Lipinski definition) is 5. The average Bonchev–Trinajstić information content (AvgIpc) is 2.88.